The van der Waals surface area contributed by atoms with Crippen molar-refractivity contribution >= 4 is 22.0 Å². The van der Waals surface area contributed by atoms with Crippen molar-refractivity contribution in [1.82, 2.24) is 15.4 Å². The zero-order valence-electron chi connectivity index (χ0n) is 19.5. The summed E-state index contributed by atoms with van der Waals surface area (Å²) in [5.41, 5.74) is 2.33. The summed E-state index contributed by atoms with van der Waals surface area (Å²) >= 11 is 0. The number of sulfonamides is 1. The van der Waals surface area contributed by atoms with E-state index in [1.807, 2.05) is 44.2 Å². The number of alkyl carbamates (subject to hydrolysis) is 1. The minimum absolute atomic E-state index is 0.109. The number of rotatable bonds is 11. The monoisotopic (exact) mass is 475 g/mol. The molecule has 0 aliphatic carbocycles. The Hall–Kier alpha value is -2.91. The maximum atomic E-state index is 12.7. The van der Waals surface area contributed by atoms with E-state index in [4.69, 9.17) is 4.74 Å². The van der Waals surface area contributed by atoms with Gasteiger partial charge in [-0.25, -0.2) is 17.9 Å². The summed E-state index contributed by atoms with van der Waals surface area (Å²) in [5, 5.41) is 5.44. The smallest absolute Gasteiger partial charge is 0.408 e. The van der Waals surface area contributed by atoms with E-state index >= 15 is 0 Å². The van der Waals surface area contributed by atoms with Crippen LogP contribution in [0.5, 0.6) is 0 Å². The molecule has 1 atom stereocenters. The fourth-order valence-electron chi connectivity index (χ4n) is 3.10. The number of amides is 2. The van der Waals surface area contributed by atoms with Crippen LogP contribution in [0.15, 0.2) is 54.6 Å². The van der Waals surface area contributed by atoms with Gasteiger partial charge in [0.1, 0.15) is 12.6 Å². The Kier molecular flexibility index (Phi) is 9.87. The zero-order chi connectivity index (χ0) is 24.4. The second-order valence-electron chi connectivity index (χ2n) is 8.49. The van der Waals surface area contributed by atoms with Crippen LogP contribution in [0.1, 0.15) is 44.4 Å². The number of ether oxygens (including phenoxy) is 1. The number of benzene rings is 2. The topological polar surface area (TPSA) is 114 Å². The van der Waals surface area contributed by atoms with Gasteiger partial charge < -0.3 is 15.4 Å². The highest BCUT2D eigenvalue weighted by Crippen LogP contribution is 2.10. The van der Waals surface area contributed by atoms with Gasteiger partial charge in [-0.3, -0.25) is 4.79 Å². The minimum atomic E-state index is -3.40. The molecule has 0 spiro atoms. The Morgan fingerprint density at radius 2 is 1.48 bits per heavy atom. The summed E-state index contributed by atoms with van der Waals surface area (Å²) in [4.78, 5) is 24.8. The highest BCUT2D eigenvalue weighted by Gasteiger charge is 2.24. The first-order valence-corrected chi connectivity index (χ1v) is 12.5. The number of carbonyl (C=O) groups is 2. The predicted molar refractivity (Wildman–Crippen MR) is 128 cm³/mol. The van der Waals surface area contributed by atoms with Crippen LogP contribution in [0.4, 0.5) is 4.79 Å². The van der Waals surface area contributed by atoms with Gasteiger partial charge in [0.05, 0.1) is 5.75 Å². The third-order valence-corrected chi connectivity index (χ3v) is 6.24. The molecule has 2 rings (SSSR count). The first-order chi connectivity index (χ1) is 15.6. The normalized spacial score (nSPS) is 12.4. The van der Waals surface area contributed by atoms with Crippen molar-refractivity contribution in [2.24, 2.45) is 5.92 Å². The molecule has 9 heteroatoms. The third kappa shape index (κ3) is 9.63. The molecule has 33 heavy (non-hydrogen) atoms. The Morgan fingerprint density at radius 3 is 2.06 bits per heavy atom. The van der Waals surface area contributed by atoms with E-state index in [2.05, 4.69) is 15.4 Å². The second-order valence-corrected chi connectivity index (χ2v) is 10.2. The van der Waals surface area contributed by atoms with E-state index < -0.39 is 22.2 Å². The number of hydrogen-bond acceptors (Lipinski definition) is 5. The Morgan fingerprint density at radius 1 is 0.879 bits per heavy atom. The van der Waals surface area contributed by atoms with E-state index in [-0.39, 0.29) is 36.8 Å². The maximum absolute atomic E-state index is 12.7. The molecule has 2 aromatic rings. The van der Waals surface area contributed by atoms with Gasteiger partial charge in [0.2, 0.25) is 15.9 Å². The van der Waals surface area contributed by atoms with Crippen LogP contribution in [0, 0.1) is 5.92 Å². The molecule has 0 aliphatic rings. The van der Waals surface area contributed by atoms with Crippen LogP contribution in [0.25, 0.3) is 0 Å². The summed E-state index contributed by atoms with van der Waals surface area (Å²) in [5.74, 6) is -0.577. The zero-order valence-corrected chi connectivity index (χ0v) is 20.3. The van der Waals surface area contributed by atoms with Crippen molar-refractivity contribution in [3.05, 3.63) is 71.3 Å². The molecular weight excluding hydrogens is 442 g/mol. The lowest BCUT2D eigenvalue weighted by Crippen LogP contribution is -2.49. The lowest BCUT2D eigenvalue weighted by molar-refractivity contribution is -0.124. The van der Waals surface area contributed by atoms with Gasteiger partial charge in [0.15, 0.2) is 0 Å². The van der Waals surface area contributed by atoms with Crippen LogP contribution in [0.3, 0.4) is 0 Å². The van der Waals surface area contributed by atoms with Gasteiger partial charge in [-0.05, 0) is 36.5 Å². The molecule has 0 radical (unpaired) electrons. The number of nitrogens with one attached hydrogen (secondary N) is 3. The first-order valence-electron chi connectivity index (χ1n) is 10.9. The van der Waals surface area contributed by atoms with Crippen LogP contribution in [-0.4, -0.2) is 32.5 Å². The third-order valence-electron chi connectivity index (χ3n) is 4.70. The SMILES string of the molecule is CC(C)NS(=O)(=O)Cc1ccc(CNC(=O)[C@@H](NC(=O)OCc2ccccc2)C(C)C)cc1. The first kappa shape index (κ1) is 26.3. The standard InChI is InChI=1S/C24H33N3O5S/c1-17(2)22(26-24(29)32-15-20-8-6-5-7-9-20)23(28)25-14-19-10-12-21(13-11-19)16-33(30,31)27-18(3)4/h5-13,17-18,22,27H,14-16H2,1-4H3,(H,25,28)(H,26,29)/t22-/m0/s1. The molecule has 0 bridgehead atoms. The van der Waals surface area contributed by atoms with Gasteiger partial charge in [-0.15, -0.1) is 0 Å². The quantitative estimate of drug-likeness (QED) is 0.462. The van der Waals surface area contributed by atoms with Crippen molar-refractivity contribution in [2.45, 2.75) is 58.7 Å². The molecule has 0 unspecified atom stereocenters. The van der Waals surface area contributed by atoms with E-state index in [1.54, 1.807) is 38.1 Å². The highest BCUT2D eigenvalue weighted by atomic mass is 32.2. The van der Waals surface area contributed by atoms with Gasteiger partial charge in [0.25, 0.3) is 0 Å². The molecule has 0 heterocycles. The Labute approximate surface area is 196 Å². The fraction of sp³-hybridized carbons (Fsp3) is 0.417. The largest absolute Gasteiger partial charge is 0.445 e. The molecule has 2 amide bonds. The van der Waals surface area contributed by atoms with Crippen molar-refractivity contribution in [2.75, 3.05) is 0 Å². The molecule has 0 saturated heterocycles. The average Bonchev–Trinajstić information content (AvgIpc) is 2.74. The number of hydrogen-bond donors (Lipinski definition) is 3. The molecule has 3 N–H and O–H groups in total. The van der Waals surface area contributed by atoms with Crippen LogP contribution in [0.2, 0.25) is 0 Å². The Bertz CT molecular complexity index is 1010. The molecule has 0 aromatic heterocycles. The van der Waals surface area contributed by atoms with Crippen molar-refractivity contribution in [3.8, 4) is 0 Å². The van der Waals surface area contributed by atoms with Crippen molar-refractivity contribution in [3.63, 3.8) is 0 Å². The van der Waals surface area contributed by atoms with E-state index in [1.165, 1.54) is 0 Å². The van der Waals surface area contributed by atoms with Gasteiger partial charge in [0, 0.05) is 12.6 Å². The summed E-state index contributed by atoms with van der Waals surface area (Å²) in [6.45, 7) is 7.58. The van der Waals surface area contributed by atoms with Gasteiger partial charge in [-0.1, -0.05) is 68.4 Å². The van der Waals surface area contributed by atoms with Gasteiger partial charge in [-0.2, -0.15) is 0 Å². The lowest BCUT2D eigenvalue weighted by atomic mass is 10.0. The number of carbonyl (C=O) groups excluding carboxylic acids is 2. The second kappa shape index (κ2) is 12.4. The summed E-state index contributed by atoms with van der Waals surface area (Å²) in [6.07, 6.45) is -0.659. The van der Waals surface area contributed by atoms with E-state index in [0.29, 0.717) is 5.56 Å². The molecule has 0 fully saturated rings. The van der Waals surface area contributed by atoms with Crippen LogP contribution in [-0.2, 0) is 38.5 Å². The predicted octanol–water partition coefficient (Wildman–Crippen LogP) is 3.08. The van der Waals surface area contributed by atoms with E-state index in [9.17, 15) is 18.0 Å². The molecule has 8 nitrogen and oxygen atoms in total. The summed E-state index contributed by atoms with van der Waals surface area (Å²) in [7, 11) is -3.40. The average molecular weight is 476 g/mol. The van der Waals surface area contributed by atoms with Crippen LogP contribution >= 0.6 is 0 Å². The molecule has 0 saturated carbocycles. The van der Waals surface area contributed by atoms with Crippen molar-refractivity contribution < 1.29 is 22.7 Å². The molecule has 0 aliphatic heterocycles. The molecule has 2 aromatic carbocycles. The maximum Gasteiger partial charge on any atom is 0.408 e. The molecule has 180 valence electrons. The van der Waals surface area contributed by atoms with Crippen LogP contribution < -0.4 is 15.4 Å². The minimum Gasteiger partial charge on any atom is -0.445 e. The summed E-state index contributed by atoms with van der Waals surface area (Å²) < 4.78 is 31.9. The molecular formula is C24H33N3O5S. The van der Waals surface area contributed by atoms with E-state index in [0.717, 1.165) is 11.1 Å². The fourth-order valence-corrected chi connectivity index (χ4v) is 4.53. The highest BCUT2D eigenvalue weighted by molar-refractivity contribution is 7.88. The summed E-state index contributed by atoms with van der Waals surface area (Å²) in [6, 6.07) is 15.4. The lowest BCUT2D eigenvalue weighted by Gasteiger charge is -2.21. The van der Waals surface area contributed by atoms with Crippen molar-refractivity contribution in [1.29, 1.82) is 0 Å². The Balaban J connectivity index is 1.86. The van der Waals surface area contributed by atoms with Gasteiger partial charge >= 0.3 is 6.09 Å².